The molecule has 0 unspecified atom stereocenters. The molecule has 0 aromatic heterocycles. The summed E-state index contributed by atoms with van der Waals surface area (Å²) in [5.74, 6) is -0.158. The molecule has 1 heterocycles. The third-order valence-corrected chi connectivity index (χ3v) is 7.27. The molecule has 1 N–H and O–H groups in total. The van der Waals surface area contributed by atoms with Crippen LogP contribution in [0.5, 0.6) is 0 Å². The van der Waals surface area contributed by atoms with Crippen molar-refractivity contribution < 1.29 is 18.3 Å². The maximum absolute atomic E-state index is 13.1. The van der Waals surface area contributed by atoms with Crippen molar-refractivity contribution in [3.8, 4) is 0 Å². The minimum absolute atomic E-state index is 0.0151. The van der Waals surface area contributed by atoms with Crippen molar-refractivity contribution in [3.05, 3.63) is 28.8 Å². The molecule has 1 aliphatic heterocycles. The van der Waals surface area contributed by atoms with E-state index in [9.17, 15) is 13.2 Å². The number of nitrogens with zero attached hydrogens (tertiary/aromatic N) is 2. The lowest BCUT2D eigenvalue weighted by molar-refractivity contribution is -0.137. The minimum Gasteiger partial charge on any atom is -0.395 e. The van der Waals surface area contributed by atoms with E-state index in [1.807, 2.05) is 39.8 Å². The molecule has 26 heavy (non-hydrogen) atoms. The molecule has 2 rings (SSSR count). The summed E-state index contributed by atoms with van der Waals surface area (Å²) in [6.45, 7) is 9.03. The van der Waals surface area contributed by atoms with Gasteiger partial charge in [-0.2, -0.15) is 4.31 Å². The first-order chi connectivity index (χ1) is 12.2. The second-order valence-electron chi connectivity index (χ2n) is 7.05. The quantitative estimate of drug-likeness (QED) is 0.814. The van der Waals surface area contributed by atoms with Gasteiger partial charge in [-0.05, 0) is 51.7 Å². The Kier molecular flexibility index (Phi) is 6.82. The largest absolute Gasteiger partial charge is 0.395 e. The van der Waals surface area contributed by atoms with Gasteiger partial charge in [-0.25, -0.2) is 8.42 Å². The Morgan fingerprint density at radius 1 is 1.19 bits per heavy atom. The average molecular weight is 383 g/mol. The number of carbonyl (C=O) groups is 1. The number of aryl methyl sites for hydroxylation is 3. The lowest BCUT2D eigenvalue weighted by Gasteiger charge is -2.33. The van der Waals surface area contributed by atoms with E-state index >= 15 is 0 Å². The fraction of sp³-hybridized carbons (Fsp3) is 0.632. The molecule has 1 aromatic carbocycles. The zero-order chi connectivity index (χ0) is 19.5. The number of sulfonamides is 1. The van der Waals surface area contributed by atoms with Crippen molar-refractivity contribution in [2.45, 2.75) is 45.4 Å². The van der Waals surface area contributed by atoms with Crippen molar-refractivity contribution in [2.75, 3.05) is 32.8 Å². The highest BCUT2D eigenvalue weighted by atomic mass is 32.2. The number of aliphatic hydroxyl groups is 1. The molecule has 1 fully saturated rings. The second kappa shape index (κ2) is 8.50. The maximum atomic E-state index is 13.1. The van der Waals surface area contributed by atoms with Crippen molar-refractivity contribution in [3.63, 3.8) is 0 Å². The van der Waals surface area contributed by atoms with E-state index in [1.54, 1.807) is 4.90 Å². The van der Waals surface area contributed by atoms with Crippen LogP contribution in [0.1, 0.15) is 36.5 Å². The molecule has 0 atom stereocenters. The van der Waals surface area contributed by atoms with Crippen molar-refractivity contribution in [1.29, 1.82) is 0 Å². The molecule has 6 nitrogen and oxygen atoms in total. The molecule has 0 spiro atoms. The molecule has 0 saturated carbocycles. The summed E-state index contributed by atoms with van der Waals surface area (Å²) in [6, 6.07) is 3.79. The predicted octanol–water partition coefficient (Wildman–Crippen LogP) is 1.85. The Bertz CT molecular complexity index is 730. The third kappa shape index (κ3) is 4.27. The van der Waals surface area contributed by atoms with E-state index < -0.39 is 10.0 Å². The summed E-state index contributed by atoms with van der Waals surface area (Å²) < 4.78 is 27.7. The normalized spacial score (nSPS) is 16.7. The molecular formula is C19H30N2O4S. The Balaban J connectivity index is 2.13. The van der Waals surface area contributed by atoms with Gasteiger partial charge in [-0.1, -0.05) is 17.7 Å². The number of aliphatic hydroxyl groups excluding tert-OH is 1. The van der Waals surface area contributed by atoms with Crippen LogP contribution in [0.25, 0.3) is 0 Å². The SMILES string of the molecule is CCN(CCO)C(=O)C1CCN(S(=O)(=O)c2c(C)cc(C)cc2C)CC1. The van der Waals surface area contributed by atoms with E-state index in [0.29, 0.717) is 43.9 Å². The average Bonchev–Trinajstić information content (AvgIpc) is 2.58. The number of hydrogen-bond acceptors (Lipinski definition) is 4. The molecule has 1 amide bonds. The van der Waals surface area contributed by atoms with Crippen LogP contribution in [0.4, 0.5) is 0 Å². The molecule has 1 saturated heterocycles. The van der Waals surface area contributed by atoms with E-state index in [2.05, 4.69) is 0 Å². The van der Waals surface area contributed by atoms with Crippen LogP contribution in [0.2, 0.25) is 0 Å². The summed E-state index contributed by atoms with van der Waals surface area (Å²) in [6.07, 6.45) is 1.04. The van der Waals surface area contributed by atoms with Gasteiger partial charge >= 0.3 is 0 Å². The topological polar surface area (TPSA) is 77.9 Å². The monoisotopic (exact) mass is 382 g/mol. The van der Waals surface area contributed by atoms with Gasteiger partial charge in [0.15, 0.2) is 0 Å². The summed E-state index contributed by atoms with van der Waals surface area (Å²) in [7, 11) is -3.56. The van der Waals surface area contributed by atoms with Crippen LogP contribution in [-0.2, 0) is 14.8 Å². The van der Waals surface area contributed by atoms with Crippen LogP contribution >= 0.6 is 0 Å². The van der Waals surface area contributed by atoms with Gasteiger partial charge in [0.05, 0.1) is 11.5 Å². The number of likely N-dealkylation sites (N-methyl/N-ethyl adjacent to an activating group) is 1. The van der Waals surface area contributed by atoms with Gasteiger partial charge in [-0.3, -0.25) is 4.79 Å². The van der Waals surface area contributed by atoms with Crippen molar-refractivity contribution in [1.82, 2.24) is 9.21 Å². The fourth-order valence-electron chi connectivity index (χ4n) is 3.85. The fourth-order valence-corrected chi connectivity index (χ4v) is 5.73. The van der Waals surface area contributed by atoms with Gasteiger partial charge < -0.3 is 10.0 Å². The number of hydrogen-bond donors (Lipinski definition) is 1. The third-order valence-electron chi connectivity index (χ3n) is 5.07. The van der Waals surface area contributed by atoms with Gasteiger partial charge in [0.25, 0.3) is 0 Å². The van der Waals surface area contributed by atoms with E-state index in [-0.39, 0.29) is 18.4 Å². The zero-order valence-electron chi connectivity index (χ0n) is 16.2. The highest BCUT2D eigenvalue weighted by molar-refractivity contribution is 7.89. The Morgan fingerprint density at radius 3 is 2.19 bits per heavy atom. The molecule has 146 valence electrons. The molecule has 0 aliphatic carbocycles. The van der Waals surface area contributed by atoms with Crippen LogP contribution in [0.15, 0.2) is 17.0 Å². The number of piperidine rings is 1. The predicted molar refractivity (Wildman–Crippen MR) is 101 cm³/mol. The zero-order valence-corrected chi connectivity index (χ0v) is 17.0. The summed E-state index contributed by atoms with van der Waals surface area (Å²) in [4.78, 5) is 14.6. The highest BCUT2D eigenvalue weighted by Crippen LogP contribution is 2.29. The van der Waals surface area contributed by atoms with Crippen LogP contribution in [0.3, 0.4) is 0 Å². The minimum atomic E-state index is -3.56. The van der Waals surface area contributed by atoms with Crippen LogP contribution < -0.4 is 0 Å². The smallest absolute Gasteiger partial charge is 0.243 e. The summed E-state index contributed by atoms with van der Waals surface area (Å²) in [5.41, 5.74) is 2.58. The number of carbonyl (C=O) groups excluding carboxylic acids is 1. The lowest BCUT2D eigenvalue weighted by Crippen LogP contribution is -2.45. The first kappa shape index (κ1) is 20.9. The summed E-state index contributed by atoms with van der Waals surface area (Å²) in [5, 5.41) is 9.08. The molecule has 0 bridgehead atoms. The van der Waals surface area contributed by atoms with Gasteiger partial charge in [0, 0.05) is 32.1 Å². The number of amides is 1. The number of benzene rings is 1. The maximum Gasteiger partial charge on any atom is 0.243 e. The Labute approximate surface area is 156 Å². The first-order valence-corrected chi connectivity index (χ1v) is 10.6. The van der Waals surface area contributed by atoms with Gasteiger partial charge in [0.1, 0.15) is 0 Å². The lowest BCUT2D eigenvalue weighted by atomic mass is 9.96. The molecule has 0 radical (unpaired) electrons. The molecule has 1 aliphatic rings. The molecule has 1 aromatic rings. The van der Waals surface area contributed by atoms with E-state index in [4.69, 9.17) is 5.11 Å². The summed E-state index contributed by atoms with van der Waals surface area (Å²) >= 11 is 0. The van der Waals surface area contributed by atoms with Crippen LogP contribution in [0, 0.1) is 26.7 Å². The standard InChI is InChI=1S/C19H30N2O4S/c1-5-20(10-11-22)19(23)17-6-8-21(9-7-17)26(24,25)18-15(3)12-14(2)13-16(18)4/h12-13,17,22H,5-11H2,1-4H3. The van der Waals surface area contributed by atoms with E-state index in [0.717, 1.165) is 16.7 Å². The molecule has 7 heteroatoms. The highest BCUT2D eigenvalue weighted by Gasteiger charge is 2.34. The number of rotatable bonds is 6. The first-order valence-electron chi connectivity index (χ1n) is 9.20. The van der Waals surface area contributed by atoms with Gasteiger partial charge in [-0.15, -0.1) is 0 Å². The van der Waals surface area contributed by atoms with Crippen molar-refractivity contribution in [2.24, 2.45) is 5.92 Å². The Hall–Kier alpha value is -1.44. The van der Waals surface area contributed by atoms with Crippen molar-refractivity contribution >= 4 is 15.9 Å². The van der Waals surface area contributed by atoms with E-state index in [1.165, 1.54) is 4.31 Å². The van der Waals surface area contributed by atoms with Crippen LogP contribution in [-0.4, -0.2) is 61.4 Å². The second-order valence-corrected chi connectivity index (χ2v) is 8.92. The van der Waals surface area contributed by atoms with Gasteiger partial charge in [0.2, 0.25) is 15.9 Å². The Morgan fingerprint density at radius 2 is 1.73 bits per heavy atom. The molecular weight excluding hydrogens is 352 g/mol.